The minimum Gasteiger partial charge on any atom is -0.302 e. The van der Waals surface area contributed by atoms with Crippen molar-refractivity contribution in [3.63, 3.8) is 0 Å². The van der Waals surface area contributed by atoms with Gasteiger partial charge in [0.1, 0.15) is 0 Å². The molecule has 2 aliphatic heterocycles. The van der Waals surface area contributed by atoms with Gasteiger partial charge in [-0.25, -0.2) is 0 Å². The molecule has 3 nitrogen and oxygen atoms in total. The molecular formula is C22H43N3. The lowest BCUT2D eigenvalue weighted by Crippen LogP contribution is -2.68. The molecule has 0 amide bonds. The Balaban J connectivity index is 1.28. The molecule has 1 saturated carbocycles. The number of likely N-dealkylation sites (tertiary alicyclic amines) is 1. The Morgan fingerprint density at radius 1 is 0.840 bits per heavy atom. The summed E-state index contributed by atoms with van der Waals surface area (Å²) in [7, 11) is 0. The molecule has 0 bridgehead atoms. The van der Waals surface area contributed by atoms with Gasteiger partial charge >= 0.3 is 0 Å². The first kappa shape index (κ1) is 19.6. The molecule has 0 radical (unpaired) electrons. The van der Waals surface area contributed by atoms with E-state index in [-0.39, 0.29) is 0 Å². The SMILES string of the molecule is CC(C)(C)CCCCN1CC2(CC(N3CCN(C(C)(C)C)CC3)C2)C1. The average molecular weight is 350 g/mol. The molecule has 1 aliphatic carbocycles. The van der Waals surface area contributed by atoms with Gasteiger partial charge in [0.2, 0.25) is 0 Å². The molecule has 3 fully saturated rings. The van der Waals surface area contributed by atoms with Crippen LogP contribution in [-0.4, -0.2) is 72.1 Å². The zero-order valence-electron chi connectivity index (χ0n) is 17.9. The standard InChI is InChI=1S/C22H43N3/c1-20(2,3)9-7-8-10-23-17-22(18-23)15-19(16-22)24-11-13-25(14-12-24)21(4,5)6/h19H,7-18H2,1-6H3. The van der Waals surface area contributed by atoms with Crippen molar-refractivity contribution in [1.82, 2.24) is 14.7 Å². The second kappa shape index (κ2) is 7.13. The van der Waals surface area contributed by atoms with Gasteiger partial charge in [-0.15, -0.1) is 0 Å². The van der Waals surface area contributed by atoms with Gasteiger partial charge in [-0.2, -0.15) is 0 Å². The van der Waals surface area contributed by atoms with Crippen molar-refractivity contribution in [1.29, 1.82) is 0 Å². The van der Waals surface area contributed by atoms with E-state index in [2.05, 4.69) is 56.2 Å². The van der Waals surface area contributed by atoms with E-state index in [1.54, 1.807) is 0 Å². The second-order valence-electron chi connectivity index (χ2n) is 11.5. The summed E-state index contributed by atoms with van der Waals surface area (Å²) in [5.41, 5.74) is 1.57. The molecule has 1 spiro atoms. The summed E-state index contributed by atoms with van der Waals surface area (Å²) >= 11 is 0. The average Bonchev–Trinajstić information content (AvgIpc) is 2.41. The van der Waals surface area contributed by atoms with E-state index in [9.17, 15) is 0 Å². The van der Waals surface area contributed by atoms with Gasteiger partial charge in [0.25, 0.3) is 0 Å². The van der Waals surface area contributed by atoms with E-state index in [0.717, 1.165) is 11.5 Å². The van der Waals surface area contributed by atoms with Gasteiger partial charge in [0.15, 0.2) is 0 Å². The van der Waals surface area contributed by atoms with Crippen LogP contribution in [0.4, 0.5) is 0 Å². The quantitative estimate of drug-likeness (QED) is 0.692. The van der Waals surface area contributed by atoms with Gasteiger partial charge < -0.3 is 4.90 Å². The molecule has 3 heteroatoms. The monoisotopic (exact) mass is 349 g/mol. The van der Waals surface area contributed by atoms with Gasteiger partial charge in [0.05, 0.1) is 0 Å². The largest absolute Gasteiger partial charge is 0.302 e. The zero-order valence-corrected chi connectivity index (χ0v) is 17.9. The molecule has 25 heavy (non-hydrogen) atoms. The molecule has 2 saturated heterocycles. The van der Waals surface area contributed by atoms with E-state index in [1.807, 2.05) is 0 Å². The van der Waals surface area contributed by atoms with Gasteiger partial charge in [-0.05, 0) is 63.8 Å². The third kappa shape index (κ3) is 4.99. The summed E-state index contributed by atoms with van der Waals surface area (Å²) < 4.78 is 0. The summed E-state index contributed by atoms with van der Waals surface area (Å²) in [6.07, 6.45) is 7.11. The molecule has 0 aromatic carbocycles. The molecule has 2 heterocycles. The van der Waals surface area contributed by atoms with Crippen LogP contribution in [0.15, 0.2) is 0 Å². The van der Waals surface area contributed by atoms with Crippen LogP contribution in [0, 0.1) is 10.8 Å². The molecule has 0 unspecified atom stereocenters. The first-order chi connectivity index (χ1) is 11.6. The smallest absolute Gasteiger partial charge is 0.0126 e. The highest BCUT2D eigenvalue weighted by atomic mass is 15.3. The van der Waals surface area contributed by atoms with Crippen LogP contribution >= 0.6 is 0 Å². The van der Waals surface area contributed by atoms with Crippen LogP contribution in [0.5, 0.6) is 0 Å². The van der Waals surface area contributed by atoms with E-state index < -0.39 is 0 Å². The van der Waals surface area contributed by atoms with Crippen molar-refractivity contribution in [3.8, 4) is 0 Å². The Morgan fingerprint density at radius 3 is 1.96 bits per heavy atom. The lowest BCUT2D eigenvalue weighted by atomic mass is 9.60. The number of hydrogen-bond acceptors (Lipinski definition) is 3. The van der Waals surface area contributed by atoms with Crippen molar-refractivity contribution < 1.29 is 0 Å². The molecule has 3 rings (SSSR count). The topological polar surface area (TPSA) is 9.72 Å². The van der Waals surface area contributed by atoms with Crippen LogP contribution in [0.25, 0.3) is 0 Å². The van der Waals surface area contributed by atoms with Crippen molar-refractivity contribution >= 4 is 0 Å². The fourth-order valence-corrected chi connectivity index (χ4v) is 5.27. The Hall–Kier alpha value is -0.120. The van der Waals surface area contributed by atoms with Gasteiger partial charge in [-0.3, -0.25) is 9.80 Å². The maximum atomic E-state index is 2.79. The number of hydrogen-bond donors (Lipinski definition) is 0. The third-order valence-corrected chi connectivity index (χ3v) is 6.89. The van der Waals surface area contributed by atoms with Crippen LogP contribution in [0.3, 0.4) is 0 Å². The Kier molecular flexibility index (Phi) is 5.60. The number of unbranched alkanes of at least 4 members (excludes halogenated alkanes) is 1. The van der Waals surface area contributed by atoms with E-state index in [0.29, 0.717) is 11.0 Å². The van der Waals surface area contributed by atoms with E-state index >= 15 is 0 Å². The van der Waals surface area contributed by atoms with Crippen molar-refractivity contribution in [2.24, 2.45) is 10.8 Å². The first-order valence-corrected chi connectivity index (χ1v) is 10.8. The van der Waals surface area contributed by atoms with E-state index in [4.69, 9.17) is 0 Å². The lowest BCUT2D eigenvalue weighted by Gasteiger charge is -2.62. The van der Waals surface area contributed by atoms with Crippen LogP contribution in [0.2, 0.25) is 0 Å². The number of piperazine rings is 1. The molecular weight excluding hydrogens is 306 g/mol. The summed E-state index contributed by atoms with van der Waals surface area (Å²) in [6, 6.07) is 0.894. The highest BCUT2D eigenvalue weighted by Gasteiger charge is 2.53. The predicted octanol–water partition coefficient (Wildman–Crippen LogP) is 4.08. The minimum atomic E-state index is 0.342. The van der Waals surface area contributed by atoms with Crippen molar-refractivity contribution in [3.05, 3.63) is 0 Å². The maximum Gasteiger partial charge on any atom is 0.0126 e. The maximum absolute atomic E-state index is 2.79. The number of rotatable bonds is 5. The molecule has 0 N–H and O–H groups in total. The predicted molar refractivity (Wildman–Crippen MR) is 108 cm³/mol. The highest BCUT2D eigenvalue weighted by molar-refractivity contribution is 5.08. The Labute approximate surface area is 157 Å². The molecule has 3 aliphatic rings. The summed E-state index contributed by atoms with van der Waals surface area (Å²) in [4.78, 5) is 8.16. The second-order valence-corrected chi connectivity index (χ2v) is 11.5. The fraction of sp³-hybridized carbons (Fsp3) is 1.00. The first-order valence-electron chi connectivity index (χ1n) is 10.8. The molecule has 0 atom stereocenters. The summed E-state index contributed by atoms with van der Waals surface area (Å²) in [5.74, 6) is 0. The lowest BCUT2D eigenvalue weighted by molar-refractivity contribution is -0.117. The molecule has 0 aromatic heterocycles. The summed E-state index contributed by atoms with van der Waals surface area (Å²) in [6.45, 7) is 23.4. The van der Waals surface area contributed by atoms with E-state index in [1.165, 1.54) is 77.9 Å². The number of nitrogens with zero attached hydrogens (tertiary/aromatic N) is 3. The third-order valence-electron chi connectivity index (χ3n) is 6.89. The Morgan fingerprint density at radius 2 is 1.44 bits per heavy atom. The van der Waals surface area contributed by atoms with Crippen molar-refractivity contribution in [2.75, 3.05) is 45.8 Å². The zero-order chi connectivity index (χ0) is 18.3. The molecule has 0 aromatic rings. The molecule has 146 valence electrons. The van der Waals surface area contributed by atoms with Crippen LogP contribution in [0.1, 0.15) is 73.6 Å². The van der Waals surface area contributed by atoms with Gasteiger partial charge in [-0.1, -0.05) is 27.2 Å². The minimum absolute atomic E-state index is 0.342. The van der Waals surface area contributed by atoms with Crippen LogP contribution in [-0.2, 0) is 0 Å². The fourth-order valence-electron chi connectivity index (χ4n) is 5.27. The van der Waals surface area contributed by atoms with Gasteiger partial charge in [0, 0.05) is 50.8 Å². The van der Waals surface area contributed by atoms with Crippen LogP contribution < -0.4 is 0 Å². The Bertz CT molecular complexity index is 423. The normalized spacial score (nSPS) is 26.6. The summed E-state index contributed by atoms with van der Waals surface area (Å²) in [5, 5.41) is 0. The van der Waals surface area contributed by atoms with Crippen molar-refractivity contribution in [2.45, 2.75) is 85.2 Å². The highest BCUT2D eigenvalue weighted by Crippen LogP contribution is 2.50.